The van der Waals surface area contributed by atoms with Crippen LogP contribution in [0.5, 0.6) is 11.5 Å². The van der Waals surface area contributed by atoms with Crippen LogP contribution in [0.15, 0.2) is 24.3 Å². The zero-order valence-electron chi connectivity index (χ0n) is 9.47. The zero-order valence-corrected chi connectivity index (χ0v) is 9.47. The Labute approximate surface area is 98.3 Å². The number of methoxy groups -OCH3 is 2. The number of carbonyl (C=O) groups excluding carboxylic acids is 1. The quantitative estimate of drug-likeness (QED) is 0.617. The Kier molecular flexibility index (Phi) is 4.28. The van der Waals surface area contributed by atoms with Crippen molar-refractivity contribution in [3.05, 3.63) is 29.8 Å². The Bertz CT molecular complexity index is 462. The SMILES string of the molecule is COc1ccc(C(=CC=O)C(=O)O)cc1OC. The lowest BCUT2D eigenvalue weighted by Crippen LogP contribution is -2.01. The molecular formula is C12H12O5. The van der Waals surface area contributed by atoms with Crippen LogP contribution in [-0.4, -0.2) is 31.6 Å². The minimum atomic E-state index is -1.18. The second kappa shape index (κ2) is 5.69. The Morgan fingerprint density at radius 1 is 1.24 bits per heavy atom. The van der Waals surface area contributed by atoms with E-state index in [1.807, 2.05) is 0 Å². The van der Waals surface area contributed by atoms with Gasteiger partial charge in [-0.2, -0.15) is 0 Å². The van der Waals surface area contributed by atoms with Crippen LogP contribution in [0.4, 0.5) is 0 Å². The van der Waals surface area contributed by atoms with E-state index in [1.54, 1.807) is 12.1 Å². The third kappa shape index (κ3) is 2.84. The largest absolute Gasteiger partial charge is 0.493 e. The van der Waals surface area contributed by atoms with Gasteiger partial charge in [0.15, 0.2) is 11.5 Å². The normalized spacial score (nSPS) is 10.8. The predicted molar refractivity (Wildman–Crippen MR) is 61.2 cm³/mol. The Morgan fingerprint density at radius 2 is 1.88 bits per heavy atom. The third-order valence-electron chi connectivity index (χ3n) is 2.16. The summed E-state index contributed by atoms with van der Waals surface area (Å²) in [5.74, 6) is -0.278. The summed E-state index contributed by atoms with van der Waals surface area (Å²) in [5.41, 5.74) is 0.281. The van der Waals surface area contributed by atoms with Crippen LogP contribution in [0.3, 0.4) is 0 Å². The van der Waals surface area contributed by atoms with Gasteiger partial charge in [0, 0.05) is 0 Å². The van der Waals surface area contributed by atoms with Crippen LogP contribution < -0.4 is 9.47 Å². The summed E-state index contributed by atoms with van der Waals surface area (Å²) in [6, 6.07) is 4.63. The van der Waals surface area contributed by atoms with E-state index >= 15 is 0 Å². The van der Waals surface area contributed by atoms with Crippen molar-refractivity contribution >= 4 is 17.8 Å². The van der Waals surface area contributed by atoms with Crippen molar-refractivity contribution in [2.24, 2.45) is 0 Å². The van der Waals surface area contributed by atoms with Crippen molar-refractivity contribution in [1.82, 2.24) is 0 Å². The van der Waals surface area contributed by atoms with Gasteiger partial charge in [-0.05, 0) is 23.8 Å². The molecule has 0 atom stereocenters. The van der Waals surface area contributed by atoms with Gasteiger partial charge in [-0.3, -0.25) is 4.79 Å². The molecule has 0 saturated carbocycles. The molecule has 5 heteroatoms. The first-order valence-electron chi connectivity index (χ1n) is 4.75. The number of rotatable bonds is 5. The molecule has 1 aromatic carbocycles. The average molecular weight is 236 g/mol. The first-order valence-corrected chi connectivity index (χ1v) is 4.75. The van der Waals surface area contributed by atoms with Gasteiger partial charge in [-0.15, -0.1) is 0 Å². The maximum absolute atomic E-state index is 10.9. The molecule has 90 valence electrons. The monoisotopic (exact) mass is 236 g/mol. The van der Waals surface area contributed by atoms with E-state index < -0.39 is 5.97 Å². The van der Waals surface area contributed by atoms with Gasteiger partial charge in [0.2, 0.25) is 0 Å². The summed E-state index contributed by atoms with van der Waals surface area (Å²) in [7, 11) is 2.93. The molecule has 0 aliphatic carbocycles. The molecule has 0 bridgehead atoms. The fourth-order valence-corrected chi connectivity index (χ4v) is 1.36. The van der Waals surface area contributed by atoms with Gasteiger partial charge < -0.3 is 14.6 Å². The highest BCUT2D eigenvalue weighted by Crippen LogP contribution is 2.30. The van der Waals surface area contributed by atoms with Gasteiger partial charge in [0.1, 0.15) is 6.29 Å². The van der Waals surface area contributed by atoms with E-state index in [9.17, 15) is 9.59 Å². The molecule has 0 heterocycles. The number of aliphatic carboxylic acids is 1. The van der Waals surface area contributed by atoms with Gasteiger partial charge in [-0.1, -0.05) is 6.07 Å². The maximum Gasteiger partial charge on any atom is 0.336 e. The van der Waals surface area contributed by atoms with E-state index in [1.165, 1.54) is 20.3 Å². The highest BCUT2D eigenvalue weighted by Gasteiger charge is 2.13. The topological polar surface area (TPSA) is 72.8 Å². The first-order chi connectivity index (χ1) is 8.13. The number of aldehydes is 1. The lowest BCUT2D eigenvalue weighted by Gasteiger charge is -2.09. The lowest BCUT2D eigenvalue weighted by atomic mass is 10.1. The minimum absolute atomic E-state index is 0.0963. The lowest BCUT2D eigenvalue weighted by molar-refractivity contribution is -0.130. The molecule has 0 aliphatic heterocycles. The van der Waals surface area contributed by atoms with Gasteiger partial charge in [0.25, 0.3) is 0 Å². The maximum atomic E-state index is 10.9. The fraction of sp³-hybridized carbons (Fsp3) is 0.167. The molecule has 17 heavy (non-hydrogen) atoms. The second-order valence-corrected chi connectivity index (χ2v) is 3.09. The molecule has 0 fully saturated rings. The van der Waals surface area contributed by atoms with E-state index in [0.717, 1.165) is 6.08 Å². The van der Waals surface area contributed by atoms with Crippen molar-refractivity contribution in [1.29, 1.82) is 0 Å². The number of ether oxygens (including phenoxy) is 2. The molecule has 0 aliphatic rings. The molecule has 0 amide bonds. The van der Waals surface area contributed by atoms with Crippen molar-refractivity contribution < 1.29 is 24.2 Å². The molecule has 5 nitrogen and oxygen atoms in total. The molecule has 1 rings (SSSR count). The molecule has 0 unspecified atom stereocenters. The molecular weight excluding hydrogens is 224 g/mol. The summed E-state index contributed by atoms with van der Waals surface area (Å²) in [6.45, 7) is 0. The Balaban J connectivity index is 3.27. The number of benzene rings is 1. The number of carboxylic acids is 1. The Hall–Kier alpha value is -2.30. The number of hydrogen-bond donors (Lipinski definition) is 1. The van der Waals surface area contributed by atoms with Crippen LogP contribution >= 0.6 is 0 Å². The highest BCUT2D eigenvalue weighted by atomic mass is 16.5. The van der Waals surface area contributed by atoms with Gasteiger partial charge >= 0.3 is 5.97 Å². The molecule has 0 aromatic heterocycles. The van der Waals surface area contributed by atoms with E-state index in [-0.39, 0.29) is 5.57 Å². The predicted octanol–water partition coefficient (Wildman–Crippen LogP) is 1.37. The summed E-state index contributed by atoms with van der Waals surface area (Å²) in [6.07, 6.45) is 1.42. The van der Waals surface area contributed by atoms with E-state index in [0.29, 0.717) is 23.3 Å². The minimum Gasteiger partial charge on any atom is -0.493 e. The smallest absolute Gasteiger partial charge is 0.336 e. The van der Waals surface area contributed by atoms with Crippen LogP contribution in [0.25, 0.3) is 5.57 Å². The van der Waals surface area contributed by atoms with Crippen molar-refractivity contribution in [3.8, 4) is 11.5 Å². The number of hydrogen-bond acceptors (Lipinski definition) is 4. The van der Waals surface area contributed by atoms with Crippen molar-refractivity contribution in [2.45, 2.75) is 0 Å². The van der Waals surface area contributed by atoms with Crippen molar-refractivity contribution in [3.63, 3.8) is 0 Å². The fourth-order valence-electron chi connectivity index (χ4n) is 1.36. The van der Waals surface area contributed by atoms with Crippen LogP contribution in [0.2, 0.25) is 0 Å². The number of carbonyl (C=O) groups is 2. The van der Waals surface area contributed by atoms with Crippen LogP contribution in [0, 0.1) is 0 Å². The van der Waals surface area contributed by atoms with Crippen LogP contribution in [0.1, 0.15) is 5.56 Å². The molecule has 1 N–H and O–H groups in total. The number of carboxylic acid groups (broad SMARTS) is 1. The molecule has 0 spiro atoms. The molecule has 0 saturated heterocycles. The first kappa shape index (κ1) is 12.8. The third-order valence-corrected chi connectivity index (χ3v) is 2.16. The van der Waals surface area contributed by atoms with Crippen molar-refractivity contribution in [2.75, 3.05) is 14.2 Å². The van der Waals surface area contributed by atoms with Gasteiger partial charge in [0.05, 0.1) is 19.8 Å². The standard InChI is InChI=1S/C12H12O5/c1-16-10-4-3-8(7-11(10)17-2)9(5-6-13)12(14)15/h3-7H,1-2H3,(H,14,15). The average Bonchev–Trinajstić information content (AvgIpc) is 2.34. The molecule has 1 aromatic rings. The highest BCUT2D eigenvalue weighted by molar-refractivity contribution is 6.18. The summed E-state index contributed by atoms with van der Waals surface area (Å²) < 4.78 is 10.1. The zero-order chi connectivity index (χ0) is 12.8. The summed E-state index contributed by atoms with van der Waals surface area (Å²) in [4.78, 5) is 21.3. The Morgan fingerprint density at radius 3 is 2.35 bits per heavy atom. The summed E-state index contributed by atoms with van der Waals surface area (Å²) in [5, 5.41) is 8.95. The van der Waals surface area contributed by atoms with Gasteiger partial charge in [-0.25, -0.2) is 4.79 Å². The van der Waals surface area contributed by atoms with Crippen LogP contribution in [-0.2, 0) is 9.59 Å². The summed E-state index contributed by atoms with van der Waals surface area (Å²) >= 11 is 0. The molecule has 0 radical (unpaired) electrons. The number of allylic oxidation sites excluding steroid dienone is 1. The second-order valence-electron chi connectivity index (χ2n) is 3.09. The van der Waals surface area contributed by atoms with E-state index in [2.05, 4.69) is 0 Å². The van der Waals surface area contributed by atoms with E-state index in [4.69, 9.17) is 14.6 Å².